The third kappa shape index (κ3) is 3.40. The first-order chi connectivity index (χ1) is 14.4. The number of benzene rings is 1. The maximum atomic E-state index is 13.5. The van der Waals surface area contributed by atoms with Gasteiger partial charge in [0.2, 0.25) is 5.69 Å². The highest BCUT2D eigenvalue weighted by molar-refractivity contribution is 6.31. The van der Waals surface area contributed by atoms with E-state index in [1.807, 2.05) is 6.07 Å². The van der Waals surface area contributed by atoms with Crippen LogP contribution in [0.2, 0.25) is 5.02 Å². The van der Waals surface area contributed by atoms with Crippen LogP contribution in [0.4, 0.5) is 4.39 Å². The molecule has 0 saturated carbocycles. The minimum absolute atomic E-state index is 0.0358. The lowest BCUT2D eigenvalue weighted by molar-refractivity contribution is -0.619. The zero-order valence-electron chi connectivity index (χ0n) is 16.6. The summed E-state index contributed by atoms with van der Waals surface area (Å²) in [6, 6.07) is 8.45. The summed E-state index contributed by atoms with van der Waals surface area (Å²) >= 11 is 6.29. The van der Waals surface area contributed by atoms with Crippen molar-refractivity contribution in [3.05, 3.63) is 69.4 Å². The van der Waals surface area contributed by atoms with Gasteiger partial charge in [-0.25, -0.2) is 4.39 Å². The monoisotopic (exact) mass is 432 g/mol. The van der Waals surface area contributed by atoms with Crippen molar-refractivity contribution < 1.29 is 19.3 Å². The molecule has 2 fully saturated rings. The van der Waals surface area contributed by atoms with Crippen LogP contribution in [-0.2, 0) is 6.42 Å². The lowest BCUT2D eigenvalue weighted by Crippen LogP contribution is -2.53. The number of pyridine rings is 1. The van der Waals surface area contributed by atoms with E-state index < -0.39 is 12.2 Å². The Morgan fingerprint density at radius 3 is 2.83 bits per heavy atom. The van der Waals surface area contributed by atoms with Crippen molar-refractivity contribution in [2.75, 3.05) is 6.54 Å². The van der Waals surface area contributed by atoms with Crippen LogP contribution < -0.4 is 4.73 Å². The van der Waals surface area contributed by atoms with Gasteiger partial charge in [-0.15, -0.1) is 0 Å². The molecule has 2 aromatic rings. The number of halogens is 2. The van der Waals surface area contributed by atoms with Crippen LogP contribution in [0, 0.1) is 16.9 Å². The molecular formula is C23H26ClFN2O3. The molecule has 1 aliphatic carbocycles. The van der Waals surface area contributed by atoms with Gasteiger partial charge in [-0.1, -0.05) is 17.7 Å². The lowest BCUT2D eigenvalue weighted by Gasteiger charge is -2.44. The molecule has 2 aliphatic heterocycles. The number of piperidine rings is 1. The Morgan fingerprint density at radius 2 is 2.03 bits per heavy atom. The zero-order chi connectivity index (χ0) is 21.0. The van der Waals surface area contributed by atoms with E-state index in [0.717, 1.165) is 48.1 Å². The number of aromatic nitrogens is 1. The predicted octanol–water partition coefficient (Wildman–Crippen LogP) is 3.09. The van der Waals surface area contributed by atoms with Gasteiger partial charge in [0.15, 0.2) is 6.20 Å². The van der Waals surface area contributed by atoms with E-state index >= 15 is 0 Å². The molecule has 0 radical (unpaired) electrons. The summed E-state index contributed by atoms with van der Waals surface area (Å²) in [5, 5.41) is 34.1. The summed E-state index contributed by atoms with van der Waals surface area (Å²) in [6.07, 6.45) is 4.16. The number of nitrogens with zero attached hydrogens (tertiary/aromatic N) is 2. The summed E-state index contributed by atoms with van der Waals surface area (Å²) in [5.74, 6) is -0.228. The standard InChI is InChI=1S/C23H26ClFN2O3/c24-19-10-15(25)3-5-17(19)18-11-16-4-6-20(23(18)29)26(16)12-13-8-14-2-1-7-27(30)22(14)21(28)9-13/h1-3,5,7,10,13,16,18,20-21,23,28-29H,4,6,8-9,11-12H2/t13-,16?,18-,20+,21+,23-/m1/s1. The average Bonchev–Trinajstić information content (AvgIpc) is 2.99. The number of aliphatic hydroxyl groups excluding tert-OH is 2. The molecule has 5 rings (SSSR count). The Kier molecular flexibility index (Phi) is 5.22. The van der Waals surface area contributed by atoms with Gasteiger partial charge in [0.25, 0.3) is 0 Å². The van der Waals surface area contributed by atoms with Crippen molar-refractivity contribution in [2.24, 2.45) is 5.92 Å². The van der Waals surface area contributed by atoms with Gasteiger partial charge in [-0.2, -0.15) is 4.73 Å². The first-order valence-corrected chi connectivity index (χ1v) is 11.1. The van der Waals surface area contributed by atoms with E-state index in [9.17, 15) is 19.8 Å². The van der Waals surface area contributed by atoms with E-state index in [0.29, 0.717) is 23.2 Å². The molecule has 0 spiro atoms. The van der Waals surface area contributed by atoms with Crippen LogP contribution in [0.1, 0.15) is 54.5 Å². The summed E-state index contributed by atoms with van der Waals surface area (Å²) in [7, 11) is 0. The fraction of sp³-hybridized carbons (Fsp3) is 0.522. The van der Waals surface area contributed by atoms with Crippen molar-refractivity contribution in [3.8, 4) is 0 Å². The Bertz CT molecular complexity index is 958. The van der Waals surface area contributed by atoms with Gasteiger partial charge in [-0.3, -0.25) is 4.90 Å². The molecule has 3 heterocycles. The van der Waals surface area contributed by atoms with Gasteiger partial charge in [0, 0.05) is 41.2 Å². The highest BCUT2D eigenvalue weighted by Crippen LogP contribution is 2.46. The van der Waals surface area contributed by atoms with Gasteiger partial charge in [-0.05, 0) is 61.8 Å². The average molecular weight is 433 g/mol. The molecule has 0 amide bonds. The second-order valence-electron chi connectivity index (χ2n) is 9.06. The third-order valence-corrected chi connectivity index (χ3v) is 7.65. The first-order valence-electron chi connectivity index (χ1n) is 10.7. The number of rotatable bonds is 3. The highest BCUT2D eigenvalue weighted by atomic mass is 35.5. The number of hydrogen-bond donors (Lipinski definition) is 2. The Hall–Kier alpha value is -1.73. The molecule has 1 aromatic heterocycles. The molecule has 5 nitrogen and oxygen atoms in total. The Morgan fingerprint density at radius 1 is 1.20 bits per heavy atom. The largest absolute Gasteiger partial charge is 0.618 e. The van der Waals surface area contributed by atoms with E-state index in [-0.39, 0.29) is 23.7 Å². The Labute approximate surface area is 180 Å². The molecular weight excluding hydrogens is 407 g/mol. The summed E-state index contributed by atoms with van der Waals surface area (Å²) in [6.45, 7) is 0.792. The van der Waals surface area contributed by atoms with E-state index in [1.54, 1.807) is 12.1 Å². The third-order valence-electron chi connectivity index (χ3n) is 7.32. The fourth-order valence-electron chi connectivity index (χ4n) is 6.02. The molecule has 2 bridgehead atoms. The smallest absolute Gasteiger partial charge is 0.224 e. The normalized spacial score (nSPS) is 33.5. The van der Waals surface area contributed by atoms with Crippen LogP contribution in [0.3, 0.4) is 0 Å². The zero-order valence-corrected chi connectivity index (χ0v) is 17.4. The van der Waals surface area contributed by atoms with Crippen molar-refractivity contribution in [1.29, 1.82) is 0 Å². The predicted molar refractivity (Wildman–Crippen MR) is 110 cm³/mol. The first kappa shape index (κ1) is 20.2. The van der Waals surface area contributed by atoms with Gasteiger partial charge in [0.1, 0.15) is 11.9 Å². The van der Waals surface area contributed by atoms with Crippen LogP contribution >= 0.6 is 11.6 Å². The van der Waals surface area contributed by atoms with E-state index in [4.69, 9.17) is 11.6 Å². The molecule has 1 unspecified atom stereocenters. The van der Waals surface area contributed by atoms with Crippen molar-refractivity contribution in [3.63, 3.8) is 0 Å². The molecule has 2 N–H and O–H groups in total. The summed E-state index contributed by atoms with van der Waals surface area (Å²) in [4.78, 5) is 2.40. The molecule has 1 aromatic carbocycles. The van der Waals surface area contributed by atoms with Crippen LogP contribution in [0.25, 0.3) is 0 Å². The van der Waals surface area contributed by atoms with Crippen molar-refractivity contribution in [1.82, 2.24) is 4.90 Å². The van der Waals surface area contributed by atoms with Gasteiger partial charge >= 0.3 is 0 Å². The van der Waals surface area contributed by atoms with Crippen molar-refractivity contribution in [2.45, 2.75) is 62.3 Å². The SMILES string of the molecule is [O-][n+]1cccc2c1[C@@H](O)C[C@H](CN1C3CC[C@H]1[C@H](O)[C@@H](c1ccc(F)cc1Cl)C3)C2. The van der Waals surface area contributed by atoms with E-state index in [2.05, 4.69) is 4.90 Å². The fourth-order valence-corrected chi connectivity index (χ4v) is 6.33. The molecule has 2 saturated heterocycles. The highest BCUT2D eigenvalue weighted by Gasteiger charge is 2.48. The molecule has 3 aliphatic rings. The molecule has 7 heteroatoms. The van der Waals surface area contributed by atoms with Crippen LogP contribution in [0.15, 0.2) is 36.5 Å². The van der Waals surface area contributed by atoms with Crippen molar-refractivity contribution >= 4 is 11.6 Å². The molecule has 30 heavy (non-hydrogen) atoms. The minimum Gasteiger partial charge on any atom is -0.618 e. The van der Waals surface area contributed by atoms with Gasteiger partial charge < -0.3 is 15.4 Å². The lowest BCUT2D eigenvalue weighted by atomic mass is 9.80. The van der Waals surface area contributed by atoms with Crippen LogP contribution in [-0.4, -0.2) is 39.8 Å². The van der Waals surface area contributed by atoms with E-state index in [1.165, 1.54) is 18.3 Å². The topological polar surface area (TPSA) is 70.6 Å². The second-order valence-corrected chi connectivity index (χ2v) is 9.47. The maximum Gasteiger partial charge on any atom is 0.224 e. The second kappa shape index (κ2) is 7.75. The number of hydrogen-bond acceptors (Lipinski definition) is 4. The van der Waals surface area contributed by atoms with Crippen LogP contribution in [0.5, 0.6) is 0 Å². The summed E-state index contributed by atoms with van der Waals surface area (Å²) in [5.41, 5.74) is 2.21. The molecule has 6 atom stereocenters. The molecule has 160 valence electrons. The quantitative estimate of drug-likeness (QED) is 0.577. The Balaban J connectivity index is 1.33. The number of fused-ring (bicyclic) bond motifs is 3. The van der Waals surface area contributed by atoms with Gasteiger partial charge in [0.05, 0.1) is 6.10 Å². The number of aliphatic hydroxyl groups is 2. The summed E-state index contributed by atoms with van der Waals surface area (Å²) < 4.78 is 14.2. The minimum atomic E-state index is -0.754. The maximum absolute atomic E-state index is 13.5.